The molecule has 2 rings (SSSR count). The molecular formula is C10H15N5O3. The summed E-state index contributed by atoms with van der Waals surface area (Å²) in [4.78, 5) is 12.0. The zero-order chi connectivity index (χ0) is 13.1. The highest BCUT2D eigenvalue weighted by atomic mass is 16.4. The molecule has 0 saturated carbocycles. The Kier molecular flexibility index (Phi) is 3.70. The first-order chi connectivity index (χ1) is 8.63. The summed E-state index contributed by atoms with van der Waals surface area (Å²) >= 11 is 0. The van der Waals surface area contributed by atoms with E-state index in [1.807, 2.05) is 0 Å². The first-order valence-electron chi connectivity index (χ1n) is 5.51. The summed E-state index contributed by atoms with van der Waals surface area (Å²) in [5.74, 6) is 0.301. The number of rotatable bonds is 5. The molecule has 2 aromatic rings. The third-order valence-corrected chi connectivity index (χ3v) is 2.73. The van der Waals surface area contributed by atoms with Gasteiger partial charge in [0.1, 0.15) is 17.9 Å². The first-order valence-corrected chi connectivity index (χ1v) is 5.51. The van der Waals surface area contributed by atoms with Crippen LogP contribution in [0.15, 0.2) is 12.7 Å². The molecular weight excluding hydrogens is 238 g/mol. The maximum atomic E-state index is 9.54. The lowest BCUT2D eigenvalue weighted by molar-refractivity contribution is -0.0191. The number of aryl methyl sites for hydroxylation is 1. The molecule has 0 aliphatic rings. The van der Waals surface area contributed by atoms with E-state index < -0.39 is 18.8 Å². The number of imidazole rings is 1. The van der Waals surface area contributed by atoms with Gasteiger partial charge in [-0.3, -0.25) is 0 Å². The Morgan fingerprint density at radius 1 is 1.22 bits per heavy atom. The number of aliphatic hydroxyl groups excluding tert-OH is 3. The molecule has 2 heterocycles. The van der Waals surface area contributed by atoms with Crippen LogP contribution < -0.4 is 5.73 Å². The summed E-state index contributed by atoms with van der Waals surface area (Å²) in [5, 5.41) is 27.5. The number of nitrogen functional groups attached to an aromatic ring is 1. The van der Waals surface area contributed by atoms with Crippen molar-refractivity contribution < 1.29 is 15.3 Å². The number of hydrogen-bond donors (Lipinski definition) is 4. The summed E-state index contributed by atoms with van der Waals surface area (Å²) in [5.41, 5.74) is 6.73. The number of nitrogens with two attached hydrogens (primary N) is 1. The topological polar surface area (TPSA) is 130 Å². The second-order valence-electron chi connectivity index (χ2n) is 3.98. The van der Waals surface area contributed by atoms with Crippen molar-refractivity contribution in [3.8, 4) is 0 Å². The molecule has 0 aliphatic heterocycles. The number of fused-ring (bicyclic) bond motifs is 1. The van der Waals surface area contributed by atoms with Crippen molar-refractivity contribution in [1.29, 1.82) is 0 Å². The lowest BCUT2D eigenvalue weighted by atomic mass is 10.1. The van der Waals surface area contributed by atoms with E-state index in [1.54, 1.807) is 10.9 Å². The Bertz CT molecular complexity index is 529. The predicted octanol–water partition coefficient (Wildman–Crippen LogP) is -1.49. The molecule has 2 aromatic heterocycles. The summed E-state index contributed by atoms with van der Waals surface area (Å²) in [6.07, 6.45) is 1.03. The smallest absolute Gasteiger partial charge is 0.165 e. The SMILES string of the molecule is Nc1ncnc2c1ncn2CCC(O)C(O)CO. The largest absolute Gasteiger partial charge is 0.394 e. The van der Waals surface area contributed by atoms with Crippen LogP contribution in [0.4, 0.5) is 5.82 Å². The second-order valence-corrected chi connectivity index (χ2v) is 3.98. The van der Waals surface area contributed by atoms with Gasteiger partial charge in [-0.15, -0.1) is 0 Å². The summed E-state index contributed by atoms with van der Waals surface area (Å²) in [7, 11) is 0. The van der Waals surface area contributed by atoms with Gasteiger partial charge in [-0.2, -0.15) is 0 Å². The highest BCUT2D eigenvalue weighted by Crippen LogP contribution is 2.15. The molecule has 0 amide bonds. The minimum Gasteiger partial charge on any atom is -0.394 e. The standard InChI is InChI=1S/C10H15N5O3/c11-9-8-10(13-4-12-9)15(5-14-8)2-1-6(17)7(18)3-16/h4-7,16-18H,1-3H2,(H2,11,12,13). The Balaban J connectivity index is 2.11. The molecule has 0 bridgehead atoms. The number of nitrogens with zero attached hydrogens (tertiary/aromatic N) is 4. The maximum Gasteiger partial charge on any atom is 0.165 e. The van der Waals surface area contributed by atoms with Gasteiger partial charge in [0, 0.05) is 6.54 Å². The molecule has 18 heavy (non-hydrogen) atoms. The van der Waals surface area contributed by atoms with E-state index in [2.05, 4.69) is 15.0 Å². The Hall–Kier alpha value is -1.77. The number of hydrogen-bond acceptors (Lipinski definition) is 7. The normalized spacial score (nSPS) is 14.8. The van der Waals surface area contributed by atoms with Crippen molar-refractivity contribution in [3.05, 3.63) is 12.7 Å². The van der Waals surface area contributed by atoms with E-state index in [1.165, 1.54) is 6.33 Å². The zero-order valence-corrected chi connectivity index (χ0v) is 9.64. The van der Waals surface area contributed by atoms with Gasteiger partial charge in [0.25, 0.3) is 0 Å². The average Bonchev–Trinajstić information content (AvgIpc) is 2.79. The minimum atomic E-state index is -1.14. The highest BCUT2D eigenvalue weighted by molar-refractivity contribution is 5.80. The van der Waals surface area contributed by atoms with Gasteiger partial charge in [-0.05, 0) is 6.42 Å². The summed E-state index contributed by atoms with van der Waals surface area (Å²) in [6, 6.07) is 0. The van der Waals surface area contributed by atoms with E-state index in [9.17, 15) is 10.2 Å². The number of anilines is 1. The van der Waals surface area contributed by atoms with Crippen molar-refractivity contribution in [1.82, 2.24) is 19.5 Å². The van der Waals surface area contributed by atoms with E-state index in [-0.39, 0.29) is 6.42 Å². The predicted molar refractivity (Wildman–Crippen MR) is 63.5 cm³/mol. The average molecular weight is 253 g/mol. The van der Waals surface area contributed by atoms with Crippen LogP contribution in [0, 0.1) is 0 Å². The van der Waals surface area contributed by atoms with Gasteiger partial charge < -0.3 is 25.6 Å². The van der Waals surface area contributed by atoms with Crippen LogP contribution in [-0.4, -0.2) is 53.7 Å². The summed E-state index contributed by atoms with van der Waals surface area (Å²) < 4.78 is 1.71. The maximum absolute atomic E-state index is 9.54. The zero-order valence-electron chi connectivity index (χ0n) is 9.64. The van der Waals surface area contributed by atoms with Gasteiger partial charge in [-0.25, -0.2) is 15.0 Å². The fourth-order valence-corrected chi connectivity index (χ4v) is 1.65. The van der Waals surface area contributed by atoms with Gasteiger partial charge in [0.05, 0.1) is 19.0 Å². The van der Waals surface area contributed by atoms with Gasteiger partial charge in [0.15, 0.2) is 11.5 Å². The van der Waals surface area contributed by atoms with Crippen molar-refractivity contribution >= 4 is 17.0 Å². The van der Waals surface area contributed by atoms with Gasteiger partial charge >= 0.3 is 0 Å². The molecule has 0 radical (unpaired) electrons. The van der Waals surface area contributed by atoms with E-state index in [0.717, 1.165) is 0 Å². The quantitative estimate of drug-likeness (QED) is 0.510. The third kappa shape index (κ3) is 2.40. The van der Waals surface area contributed by atoms with Crippen molar-refractivity contribution in [2.45, 2.75) is 25.2 Å². The number of aromatic nitrogens is 4. The molecule has 0 aromatic carbocycles. The lowest BCUT2D eigenvalue weighted by Gasteiger charge is -2.15. The molecule has 0 fully saturated rings. The van der Waals surface area contributed by atoms with Gasteiger partial charge in [-0.1, -0.05) is 0 Å². The van der Waals surface area contributed by atoms with Crippen molar-refractivity contribution in [2.75, 3.05) is 12.3 Å². The molecule has 98 valence electrons. The van der Waals surface area contributed by atoms with Crippen LogP contribution in [0.5, 0.6) is 0 Å². The third-order valence-electron chi connectivity index (χ3n) is 2.73. The van der Waals surface area contributed by atoms with Crippen LogP contribution in [0.1, 0.15) is 6.42 Å². The Labute approximate surface area is 103 Å². The molecule has 5 N–H and O–H groups in total. The van der Waals surface area contributed by atoms with E-state index >= 15 is 0 Å². The highest BCUT2D eigenvalue weighted by Gasteiger charge is 2.16. The lowest BCUT2D eigenvalue weighted by Crippen LogP contribution is -2.30. The van der Waals surface area contributed by atoms with Crippen LogP contribution >= 0.6 is 0 Å². The van der Waals surface area contributed by atoms with E-state index in [0.29, 0.717) is 23.5 Å². The molecule has 0 saturated heterocycles. The van der Waals surface area contributed by atoms with Crippen molar-refractivity contribution in [2.24, 2.45) is 0 Å². The van der Waals surface area contributed by atoms with Crippen molar-refractivity contribution in [3.63, 3.8) is 0 Å². The Morgan fingerprint density at radius 3 is 2.72 bits per heavy atom. The van der Waals surface area contributed by atoms with Crippen LogP contribution in [0.2, 0.25) is 0 Å². The first kappa shape index (κ1) is 12.7. The molecule has 8 nitrogen and oxygen atoms in total. The van der Waals surface area contributed by atoms with Crippen LogP contribution in [-0.2, 0) is 6.54 Å². The monoisotopic (exact) mass is 253 g/mol. The van der Waals surface area contributed by atoms with Crippen LogP contribution in [0.3, 0.4) is 0 Å². The number of aliphatic hydroxyl groups is 3. The molecule has 0 aliphatic carbocycles. The Morgan fingerprint density at radius 2 is 2.00 bits per heavy atom. The minimum absolute atomic E-state index is 0.275. The molecule has 8 heteroatoms. The van der Waals surface area contributed by atoms with Crippen LogP contribution in [0.25, 0.3) is 11.2 Å². The molecule has 2 atom stereocenters. The summed E-state index contributed by atoms with van der Waals surface area (Å²) in [6.45, 7) is -0.0634. The van der Waals surface area contributed by atoms with Gasteiger partial charge in [0.2, 0.25) is 0 Å². The fourth-order valence-electron chi connectivity index (χ4n) is 1.65. The second kappa shape index (κ2) is 5.25. The molecule has 2 unspecified atom stereocenters. The fraction of sp³-hybridized carbons (Fsp3) is 0.500. The van der Waals surface area contributed by atoms with E-state index in [4.69, 9.17) is 10.8 Å². The molecule has 0 spiro atoms.